The van der Waals surface area contributed by atoms with Crippen LogP contribution in [-0.4, -0.2) is 33.7 Å². The van der Waals surface area contributed by atoms with Gasteiger partial charge in [0, 0.05) is 25.2 Å². The first-order chi connectivity index (χ1) is 19.6. The van der Waals surface area contributed by atoms with Gasteiger partial charge in [0.1, 0.15) is 11.5 Å². The van der Waals surface area contributed by atoms with E-state index in [0.29, 0.717) is 24.2 Å². The third-order valence-electron chi connectivity index (χ3n) is 7.24. The molecule has 1 saturated carbocycles. The molecule has 0 radical (unpaired) electrons. The molecule has 1 aromatic heterocycles. The molecule has 1 aliphatic carbocycles. The zero-order chi connectivity index (χ0) is 29.3. The van der Waals surface area contributed by atoms with Crippen LogP contribution < -0.4 is 16.8 Å². The fourth-order valence-electron chi connectivity index (χ4n) is 4.88. The Kier molecular flexibility index (Phi) is 7.94. The highest BCUT2D eigenvalue weighted by Gasteiger charge is 2.37. The van der Waals surface area contributed by atoms with E-state index in [1.54, 1.807) is 24.3 Å². The van der Waals surface area contributed by atoms with E-state index in [1.165, 1.54) is 18.2 Å². The Hall–Kier alpha value is -4.06. The molecule has 1 amide bonds. The van der Waals surface area contributed by atoms with E-state index in [4.69, 9.17) is 11.5 Å². The Morgan fingerprint density at radius 1 is 1.00 bits per heavy atom. The van der Waals surface area contributed by atoms with E-state index in [-0.39, 0.29) is 24.0 Å². The number of rotatable bonds is 9. The normalized spacial score (nSPS) is 14.3. The van der Waals surface area contributed by atoms with Gasteiger partial charge >= 0.3 is 6.18 Å². The fraction of sp³-hybridized carbons (Fsp3) is 0.267. The van der Waals surface area contributed by atoms with Crippen molar-refractivity contribution < 1.29 is 22.4 Å². The molecule has 0 saturated heterocycles. The minimum Gasteiger partial charge on any atom is -0.326 e. The first-order valence-electron chi connectivity index (χ1n) is 13.2. The number of nitrogens with one attached hydrogen (secondary N) is 1. The molecule has 0 aliphatic heterocycles. The van der Waals surface area contributed by atoms with Gasteiger partial charge in [-0.3, -0.25) is 9.69 Å². The van der Waals surface area contributed by atoms with Crippen molar-refractivity contribution in [2.75, 3.05) is 12.4 Å². The van der Waals surface area contributed by atoms with Crippen LogP contribution >= 0.6 is 0 Å². The highest BCUT2D eigenvalue weighted by molar-refractivity contribution is 6.03. The van der Waals surface area contributed by atoms with Gasteiger partial charge in [-0.1, -0.05) is 42.5 Å². The number of nitrogens with zero attached hydrogens (tertiary/aromatic N) is 3. The fourth-order valence-corrected chi connectivity index (χ4v) is 4.88. The summed E-state index contributed by atoms with van der Waals surface area (Å²) in [5.41, 5.74) is 13.2. The van der Waals surface area contributed by atoms with Crippen molar-refractivity contribution in [1.82, 2.24) is 14.7 Å². The molecule has 1 unspecified atom stereocenters. The number of hydrogen-bond acceptors (Lipinski definition) is 5. The molecule has 1 fully saturated rings. The number of carbonyl (C=O) groups is 1. The topological polar surface area (TPSA) is 102 Å². The Morgan fingerprint density at radius 3 is 2.32 bits per heavy atom. The van der Waals surface area contributed by atoms with Gasteiger partial charge in [-0.15, -0.1) is 0 Å². The second kappa shape index (κ2) is 11.4. The molecule has 11 heteroatoms. The Labute approximate surface area is 234 Å². The maximum absolute atomic E-state index is 15.0. The molecule has 0 spiro atoms. The summed E-state index contributed by atoms with van der Waals surface area (Å²) in [5.74, 6) is -1.66. The number of halogens is 4. The molecule has 41 heavy (non-hydrogen) atoms. The molecule has 1 aliphatic rings. The van der Waals surface area contributed by atoms with Crippen molar-refractivity contribution in [3.63, 3.8) is 0 Å². The largest absolute Gasteiger partial charge is 0.435 e. The van der Waals surface area contributed by atoms with E-state index in [2.05, 4.69) is 15.3 Å². The van der Waals surface area contributed by atoms with Gasteiger partial charge in [-0.25, -0.2) is 9.07 Å². The lowest BCUT2D eigenvalue weighted by atomic mass is 9.95. The monoisotopic (exact) mass is 566 g/mol. The number of aromatic nitrogens is 2. The summed E-state index contributed by atoms with van der Waals surface area (Å²) in [6.45, 7) is 0.547. The highest BCUT2D eigenvalue weighted by Crippen LogP contribution is 2.38. The van der Waals surface area contributed by atoms with Crippen LogP contribution in [0.1, 0.15) is 57.3 Å². The third-order valence-corrected chi connectivity index (χ3v) is 7.24. The van der Waals surface area contributed by atoms with Crippen molar-refractivity contribution in [1.29, 1.82) is 0 Å². The van der Waals surface area contributed by atoms with Crippen molar-refractivity contribution in [3.05, 3.63) is 112 Å². The number of hydrogen-bond donors (Lipinski definition) is 3. The average molecular weight is 567 g/mol. The molecule has 1 heterocycles. The molecule has 5 N–H and O–H groups in total. The molecule has 0 bridgehead atoms. The molecular weight excluding hydrogens is 536 g/mol. The summed E-state index contributed by atoms with van der Waals surface area (Å²) in [6, 6.07) is 19.4. The first kappa shape index (κ1) is 28.5. The number of carbonyl (C=O) groups excluding carboxylic acids is 1. The van der Waals surface area contributed by atoms with Gasteiger partial charge in [-0.2, -0.15) is 18.3 Å². The van der Waals surface area contributed by atoms with Crippen LogP contribution in [0.25, 0.3) is 5.69 Å². The molecule has 5 rings (SSSR count). The standard InChI is InChI=1S/C30H30F4N6O/c1-39(22-10-11-22)28(20-7-5-18(16-35)6-8-20)21-9-12-24(31)25(14-21)37-29(41)26-15-27(30(32,33)34)38-40(26)23-4-2-3-19(13-23)17-36/h2-9,12-15,22,28H,10-11,16-17,35-36H2,1H3,(H,37,41). The number of amides is 1. The van der Waals surface area contributed by atoms with Crippen LogP contribution in [0.2, 0.25) is 0 Å². The number of benzene rings is 3. The van der Waals surface area contributed by atoms with Crippen LogP contribution in [0.3, 0.4) is 0 Å². The van der Waals surface area contributed by atoms with E-state index >= 15 is 4.39 Å². The lowest BCUT2D eigenvalue weighted by Gasteiger charge is -2.29. The number of alkyl halides is 3. The zero-order valence-electron chi connectivity index (χ0n) is 22.3. The third kappa shape index (κ3) is 6.17. The minimum atomic E-state index is -4.79. The molecule has 4 aromatic rings. The molecule has 214 valence electrons. The Balaban J connectivity index is 1.51. The lowest BCUT2D eigenvalue weighted by Crippen LogP contribution is -2.28. The second-order valence-electron chi connectivity index (χ2n) is 10.1. The van der Waals surface area contributed by atoms with E-state index in [0.717, 1.165) is 34.2 Å². The molecule has 7 nitrogen and oxygen atoms in total. The van der Waals surface area contributed by atoms with Crippen molar-refractivity contribution in [2.45, 2.75) is 44.2 Å². The quantitative estimate of drug-likeness (QED) is 0.236. The maximum Gasteiger partial charge on any atom is 0.435 e. The van der Waals surface area contributed by atoms with Gasteiger partial charge in [0.05, 0.1) is 17.4 Å². The van der Waals surface area contributed by atoms with Gasteiger partial charge in [0.25, 0.3) is 5.91 Å². The first-order valence-corrected chi connectivity index (χ1v) is 13.2. The van der Waals surface area contributed by atoms with E-state index < -0.39 is 29.3 Å². The predicted octanol–water partition coefficient (Wildman–Crippen LogP) is 5.38. The molecule has 1 atom stereocenters. The summed E-state index contributed by atoms with van der Waals surface area (Å²) in [7, 11) is 1.99. The number of anilines is 1. The van der Waals surface area contributed by atoms with Crippen molar-refractivity contribution in [3.8, 4) is 5.69 Å². The highest BCUT2D eigenvalue weighted by atomic mass is 19.4. The summed E-state index contributed by atoms with van der Waals surface area (Å²) < 4.78 is 56.7. The molecular formula is C30H30F4N6O. The Morgan fingerprint density at radius 2 is 1.68 bits per heavy atom. The second-order valence-corrected chi connectivity index (χ2v) is 10.1. The van der Waals surface area contributed by atoms with Crippen LogP contribution in [0, 0.1) is 5.82 Å². The van der Waals surface area contributed by atoms with Crippen molar-refractivity contribution in [2.24, 2.45) is 11.5 Å². The maximum atomic E-state index is 15.0. The van der Waals surface area contributed by atoms with Gasteiger partial charge in [0.15, 0.2) is 5.69 Å². The van der Waals surface area contributed by atoms with Crippen LogP contribution in [0.4, 0.5) is 23.2 Å². The summed E-state index contributed by atoms with van der Waals surface area (Å²) >= 11 is 0. The van der Waals surface area contributed by atoms with Crippen LogP contribution in [-0.2, 0) is 19.3 Å². The summed E-state index contributed by atoms with van der Waals surface area (Å²) in [4.78, 5) is 15.6. The number of nitrogens with two attached hydrogens (primary N) is 2. The van der Waals surface area contributed by atoms with E-state index in [1.807, 2.05) is 31.3 Å². The molecule has 3 aromatic carbocycles. The summed E-state index contributed by atoms with van der Waals surface area (Å²) in [6.07, 6.45) is -2.72. The average Bonchev–Trinajstić information content (AvgIpc) is 3.71. The van der Waals surface area contributed by atoms with Crippen LogP contribution in [0.15, 0.2) is 72.8 Å². The zero-order valence-corrected chi connectivity index (χ0v) is 22.3. The van der Waals surface area contributed by atoms with Gasteiger partial charge < -0.3 is 16.8 Å². The van der Waals surface area contributed by atoms with E-state index in [9.17, 15) is 18.0 Å². The predicted molar refractivity (Wildman–Crippen MR) is 148 cm³/mol. The Bertz CT molecular complexity index is 1550. The summed E-state index contributed by atoms with van der Waals surface area (Å²) in [5, 5.41) is 6.12. The lowest BCUT2D eigenvalue weighted by molar-refractivity contribution is -0.141. The van der Waals surface area contributed by atoms with Crippen LogP contribution in [0.5, 0.6) is 0 Å². The van der Waals surface area contributed by atoms with Gasteiger partial charge in [0.2, 0.25) is 0 Å². The van der Waals surface area contributed by atoms with Crippen molar-refractivity contribution >= 4 is 11.6 Å². The SMILES string of the molecule is CN(C1CC1)C(c1ccc(CN)cc1)c1ccc(F)c(NC(=O)c2cc(C(F)(F)F)nn2-c2cccc(CN)c2)c1. The minimum absolute atomic E-state index is 0.145. The smallest absolute Gasteiger partial charge is 0.326 e. The van der Waals surface area contributed by atoms with Gasteiger partial charge in [-0.05, 0) is 66.4 Å².